The molecule has 2 aromatic carbocycles. The Morgan fingerprint density at radius 2 is 1.90 bits per heavy atom. The van der Waals surface area contributed by atoms with Crippen LogP contribution in [0, 0.1) is 11.3 Å². The summed E-state index contributed by atoms with van der Waals surface area (Å²) in [5, 5.41) is 31.4. The van der Waals surface area contributed by atoms with Crippen LogP contribution >= 0.6 is 11.9 Å². The van der Waals surface area contributed by atoms with E-state index < -0.39 is 18.4 Å². The van der Waals surface area contributed by atoms with Crippen molar-refractivity contribution in [3.8, 4) is 6.07 Å². The number of hydrogen-bond acceptors (Lipinski definition) is 8. The Bertz CT molecular complexity index is 984. The number of aliphatic hydroxyl groups is 2. The zero-order valence-corrected chi connectivity index (χ0v) is 18.4. The van der Waals surface area contributed by atoms with E-state index in [0.717, 1.165) is 49.1 Å². The van der Waals surface area contributed by atoms with Gasteiger partial charge in [-0.15, -0.1) is 0 Å². The molecule has 3 unspecified atom stereocenters. The molecule has 0 radical (unpaired) electrons. The van der Waals surface area contributed by atoms with Crippen molar-refractivity contribution < 1.29 is 14.9 Å². The molecule has 2 aliphatic rings. The van der Waals surface area contributed by atoms with Gasteiger partial charge in [-0.25, -0.2) is 0 Å². The van der Waals surface area contributed by atoms with Crippen molar-refractivity contribution >= 4 is 34.5 Å². The second-order valence-electron chi connectivity index (χ2n) is 8.14. The van der Waals surface area contributed by atoms with Crippen molar-refractivity contribution in [3.63, 3.8) is 0 Å². The minimum Gasteiger partial charge on any atom is -0.391 e. The molecule has 0 saturated carbocycles. The fourth-order valence-electron chi connectivity index (χ4n) is 3.89. The predicted octanol–water partition coefficient (Wildman–Crippen LogP) is 2.16. The molecule has 3 atom stereocenters. The smallest absolute Gasteiger partial charge is 0.171 e. The van der Waals surface area contributed by atoms with E-state index in [2.05, 4.69) is 58.0 Å². The maximum absolute atomic E-state index is 9.89. The lowest BCUT2D eigenvalue weighted by Crippen LogP contribution is -2.46. The van der Waals surface area contributed by atoms with E-state index in [-0.39, 0.29) is 6.61 Å². The number of likely N-dealkylation sites (N-methyl/N-ethyl adjacent to an activating group) is 1. The molecule has 7 nitrogen and oxygen atoms in total. The molecule has 0 aromatic heterocycles. The van der Waals surface area contributed by atoms with Gasteiger partial charge in [0.15, 0.2) is 6.29 Å². The number of nitrogens with one attached hydrogen (secondary N) is 1. The maximum atomic E-state index is 9.89. The van der Waals surface area contributed by atoms with Gasteiger partial charge in [-0.2, -0.15) is 5.26 Å². The van der Waals surface area contributed by atoms with E-state index in [1.54, 1.807) is 0 Å². The van der Waals surface area contributed by atoms with Gasteiger partial charge >= 0.3 is 0 Å². The van der Waals surface area contributed by atoms with Gasteiger partial charge in [0.2, 0.25) is 0 Å². The lowest BCUT2D eigenvalue weighted by molar-refractivity contribution is -0.168. The number of hydrogen-bond donors (Lipinski definition) is 3. The van der Waals surface area contributed by atoms with Crippen molar-refractivity contribution in [2.75, 3.05) is 44.7 Å². The number of nitrogens with zero attached hydrogens (tertiary/aromatic N) is 3. The lowest BCUT2D eigenvalue weighted by atomic mass is 10.1. The Labute approximate surface area is 187 Å². The number of rotatable bonds is 5. The summed E-state index contributed by atoms with van der Waals surface area (Å²) in [5.41, 5.74) is 2.18. The van der Waals surface area contributed by atoms with E-state index in [1.807, 2.05) is 12.1 Å². The average molecular weight is 441 g/mol. The summed E-state index contributed by atoms with van der Waals surface area (Å²) in [6.07, 6.45) is 0.578. The van der Waals surface area contributed by atoms with Crippen LogP contribution in [-0.2, 0) is 4.74 Å². The molecule has 164 valence electrons. The summed E-state index contributed by atoms with van der Waals surface area (Å²) in [7, 11) is 2.16. The SMILES string of the molecule is CN1CCN(c2ccc3cc(/C=C(\C#N)SNC4CC(O)COC4O)ccc3c2)CC1. The fraction of sp³-hybridized carbons (Fsp3) is 0.435. The lowest BCUT2D eigenvalue weighted by Gasteiger charge is -2.34. The molecule has 2 heterocycles. The minimum absolute atomic E-state index is 0.124. The Kier molecular flexibility index (Phi) is 7.13. The Morgan fingerprint density at radius 3 is 2.68 bits per heavy atom. The Balaban J connectivity index is 1.45. The number of allylic oxidation sites excluding steroid dienone is 1. The Hall–Kier alpha value is -2.12. The first kappa shape index (κ1) is 22.1. The summed E-state index contributed by atoms with van der Waals surface area (Å²) >= 11 is 1.14. The molecule has 2 aliphatic heterocycles. The summed E-state index contributed by atoms with van der Waals surface area (Å²) in [6.45, 7) is 4.35. The van der Waals surface area contributed by atoms with Crippen LogP contribution in [0.2, 0.25) is 0 Å². The monoisotopic (exact) mass is 440 g/mol. The number of nitriles is 1. The van der Waals surface area contributed by atoms with Crippen LogP contribution in [0.3, 0.4) is 0 Å². The molecule has 2 saturated heterocycles. The molecule has 0 spiro atoms. The highest BCUT2D eigenvalue weighted by Crippen LogP contribution is 2.26. The number of ether oxygens (including phenoxy) is 1. The first-order chi connectivity index (χ1) is 15.0. The van der Waals surface area contributed by atoms with Gasteiger partial charge in [0.05, 0.1) is 18.8 Å². The summed E-state index contributed by atoms with van der Waals surface area (Å²) < 4.78 is 8.15. The molecule has 0 aliphatic carbocycles. The van der Waals surface area contributed by atoms with Gasteiger partial charge in [0.25, 0.3) is 0 Å². The van der Waals surface area contributed by atoms with Crippen LogP contribution in [0.5, 0.6) is 0 Å². The predicted molar refractivity (Wildman–Crippen MR) is 124 cm³/mol. The highest BCUT2D eigenvalue weighted by atomic mass is 32.2. The van der Waals surface area contributed by atoms with Gasteiger partial charge in [-0.05, 0) is 66.0 Å². The van der Waals surface area contributed by atoms with Crippen LogP contribution in [-0.4, -0.2) is 73.4 Å². The number of anilines is 1. The number of piperazine rings is 1. The quantitative estimate of drug-likeness (QED) is 0.481. The number of aliphatic hydroxyl groups excluding tert-OH is 2. The van der Waals surface area contributed by atoms with Crippen LogP contribution in [0.4, 0.5) is 5.69 Å². The first-order valence-electron chi connectivity index (χ1n) is 10.5. The first-order valence-corrected chi connectivity index (χ1v) is 11.3. The number of benzene rings is 2. The van der Waals surface area contributed by atoms with Crippen molar-refractivity contribution in [3.05, 3.63) is 46.9 Å². The molecular formula is C23H28N4O3S. The molecule has 8 heteroatoms. The third kappa shape index (κ3) is 5.57. The standard InChI is InChI=1S/C23H28N4O3S/c1-26-6-8-27(9-7-26)19-5-4-17-10-16(2-3-18(17)12-19)11-21(14-24)31-25-22-13-20(28)15-30-23(22)29/h2-5,10-12,20,22-23,25,28-29H,6-9,13,15H2,1H3/b21-11+. The average Bonchev–Trinajstić information content (AvgIpc) is 2.78. The molecule has 0 bridgehead atoms. The second kappa shape index (κ2) is 10.0. The van der Waals surface area contributed by atoms with E-state index in [1.165, 1.54) is 11.1 Å². The molecule has 2 fully saturated rings. The summed E-state index contributed by atoms with van der Waals surface area (Å²) in [4.78, 5) is 5.24. The topological polar surface area (TPSA) is 92.0 Å². The van der Waals surface area contributed by atoms with Gasteiger partial charge in [-0.1, -0.05) is 18.2 Å². The third-order valence-corrected chi connectivity index (χ3v) is 6.62. The zero-order valence-electron chi connectivity index (χ0n) is 17.6. The molecule has 3 N–H and O–H groups in total. The van der Waals surface area contributed by atoms with Crippen LogP contribution in [0.25, 0.3) is 16.8 Å². The Morgan fingerprint density at radius 1 is 1.16 bits per heavy atom. The van der Waals surface area contributed by atoms with E-state index in [4.69, 9.17) is 4.74 Å². The van der Waals surface area contributed by atoms with Crippen LogP contribution in [0.1, 0.15) is 12.0 Å². The van der Waals surface area contributed by atoms with Crippen LogP contribution in [0.15, 0.2) is 41.3 Å². The number of fused-ring (bicyclic) bond motifs is 1. The van der Waals surface area contributed by atoms with Gasteiger partial charge in [0, 0.05) is 31.9 Å². The van der Waals surface area contributed by atoms with E-state index in [0.29, 0.717) is 11.3 Å². The van der Waals surface area contributed by atoms with Gasteiger partial charge in [0.1, 0.15) is 11.0 Å². The minimum atomic E-state index is -0.994. The normalized spacial score (nSPS) is 25.5. The molecular weight excluding hydrogens is 412 g/mol. The van der Waals surface area contributed by atoms with Crippen molar-refractivity contribution in [1.82, 2.24) is 9.62 Å². The third-order valence-electron chi connectivity index (χ3n) is 5.77. The van der Waals surface area contributed by atoms with Crippen molar-refractivity contribution in [2.24, 2.45) is 0 Å². The van der Waals surface area contributed by atoms with Crippen molar-refractivity contribution in [2.45, 2.75) is 24.9 Å². The highest BCUT2D eigenvalue weighted by Gasteiger charge is 2.29. The molecule has 0 amide bonds. The fourth-order valence-corrected chi connectivity index (χ4v) is 4.62. The summed E-state index contributed by atoms with van der Waals surface area (Å²) in [5.74, 6) is 0. The molecule has 31 heavy (non-hydrogen) atoms. The van der Waals surface area contributed by atoms with E-state index >= 15 is 0 Å². The highest BCUT2D eigenvalue weighted by molar-refractivity contribution is 8.01. The van der Waals surface area contributed by atoms with Gasteiger partial charge < -0.3 is 24.7 Å². The zero-order chi connectivity index (χ0) is 21.8. The summed E-state index contributed by atoms with van der Waals surface area (Å²) in [6, 6.07) is 14.4. The second-order valence-corrected chi connectivity index (χ2v) is 9.02. The van der Waals surface area contributed by atoms with Crippen LogP contribution < -0.4 is 9.62 Å². The molecule has 4 rings (SSSR count). The molecule has 2 aromatic rings. The maximum Gasteiger partial charge on any atom is 0.171 e. The van der Waals surface area contributed by atoms with Crippen molar-refractivity contribution in [1.29, 1.82) is 5.26 Å². The van der Waals surface area contributed by atoms with E-state index in [9.17, 15) is 15.5 Å². The van der Waals surface area contributed by atoms with Gasteiger partial charge in [-0.3, -0.25) is 4.72 Å². The largest absolute Gasteiger partial charge is 0.391 e.